The highest BCUT2D eigenvalue weighted by atomic mass is 35.5. The Bertz CT molecular complexity index is 1390. The van der Waals surface area contributed by atoms with E-state index in [0.717, 1.165) is 10.5 Å². The number of furan rings is 1. The molecule has 1 aliphatic rings. The molecule has 3 aromatic rings. The zero-order chi connectivity index (χ0) is 24.4. The lowest BCUT2D eigenvalue weighted by Gasteiger charge is -2.27. The van der Waals surface area contributed by atoms with E-state index in [9.17, 15) is 14.9 Å². The van der Waals surface area contributed by atoms with E-state index in [1.807, 2.05) is 6.07 Å². The van der Waals surface area contributed by atoms with E-state index in [4.69, 9.17) is 32.4 Å². The maximum Gasteiger partial charge on any atom is 0.271 e. The fraction of sp³-hybridized carbons (Fsp3) is 0.115. The number of rotatable bonds is 5. The van der Waals surface area contributed by atoms with Gasteiger partial charge in [-0.2, -0.15) is 5.26 Å². The average molecular weight is 493 g/mol. The van der Waals surface area contributed by atoms with Gasteiger partial charge in [0.05, 0.1) is 23.7 Å². The van der Waals surface area contributed by atoms with Crippen LogP contribution in [0.15, 0.2) is 75.7 Å². The predicted molar refractivity (Wildman–Crippen MR) is 129 cm³/mol. The number of ether oxygens (including phenoxy) is 1. The Morgan fingerprint density at radius 3 is 2.47 bits per heavy atom. The molecule has 0 fully saturated rings. The Balaban J connectivity index is 1.70. The number of amides is 2. The largest absolute Gasteiger partial charge is 0.497 e. The summed E-state index contributed by atoms with van der Waals surface area (Å²) in [5.74, 6) is 0.336. The number of nitriles is 1. The van der Waals surface area contributed by atoms with E-state index < -0.39 is 11.8 Å². The summed E-state index contributed by atoms with van der Waals surface area (Å²) >= 11 is 12.4. The summed E-state index contributed by atoms with van der Waals surface area (Å²) < 4.78 is 11.0. The van der Waals surface area contributed by atoms with Crippen LogP contribution in [0.1, 0.15) is 18.2 Å². The average Bonchev–Trinajstić information content (AvgIpc) is 3.30. The predicted octanol–water partition coefficient (Wildman–Crippen LogP) is 6.05. The van der Waals surface area contributed by atoms with E-state index in [-0.39, 0.29) is 17.7 Å². The summed E-state index contributed by atoms with van der Waals surface area (Å²) in [6.45, 7) is 1.58. The Hall–Kier alpha value is -3.79. The molecule has 1 aromatic heterocycles. The van der Waals surface area contributed by atoms with Gasteiger partial charge in [-0.1, -0.05) is 41.4 Å². The third-order valence-corrected chi connectivity index (χ3v) is 6.27. The summed E-state index contributed by atoms with van der Waals surface area (Å²) in [5.41, 5.74) is 1.72. The van der Waals surface area contributed by atoms with Gasteiger partial charge in [-0.05, 0) is 60.5 Å². The Kier molecular flexibility index (Phi) is 6.60. The molecule has 0 N–H and O–H groups in total. The molecule has 0 atom stereocenters. The minimum Gasteiger partial charge on any atom is -0.497 e. The molecular weight excluding hydrogens is 475 g/mol. The molecule has 0 aliphatic carbocycles. The number of carbonyl (C=O) groups is 2. The molecule has 2 amide bonds. The lowest BCUT2D eigenvalue weighted by molar-refractivity contribution is -0.141. The molecule has 0 radical (unpaired) electrons. The van der Waals surface area contributed by atoms with Crippen LogP contribution in [-0.2, 0) is 16.1 Å². The topological polar surface area (TPSA) is 83.5 Å². The van der Waals surface area contributed by atoms with Gasteiger partial charge in [-0.3, -0.25) is 14.5 Å². The number of carbonyl (C=O) groups excluding carboxylic acids is 2. The molecule has 2 heterocycles. The Morgan fingerprint density at radius 2 is 1.79 bits per heavy atom. The van der Waals surface area contributed by atoms with Gasteiger partial charge in [0.1, 0.15) is 28.9 Å². The molecule has 0 spiro atoms. The van der Waals surface area contributed by atoms with Crippen LogP contribution in [0.2, 0.25) is 10.0 Å². The van der Waals surface area contributed by atoms with Crippen molar-refractivity contribution in [3.63, 3.8) is 0 Å². The first kappa shape index (κ1) is 23.4. The van der Waals surface area contributed by atoms with Gasteiger partial charge in [0.25, 0.3) is 11.8 Å². The minimum absolute atomic E-state index is 0.0129. The highest BCUT2D eigenvalue weighted by molar-refractivity contribution is 6.43. The molecule has 0 saturated heterocycles. The molecule has 34 heavy (non-hydrogen) atoms. The molecule has 170 valence electrons. The van der Waals surface area contributed by atoms with E-state index >= 15 is 0 Å². The number of hydrogen-bond acceptors (Lipinski definition) is 5. The first-order valence-corrected chi connectivity index (χ1v) is 11.0. The van der Waals surface area contributed by atoms with Crippen molar-refractivity contribution in [1.29, 1.82) is 5.26 Å². The van der Waals surface area contributed by atoms with Crippen molar-refractivity contribution in [3.05, 3.63) is 92.7 Å². The molecule has 1 aliphatic heterocycles. The van der Waals surface area contributed by atoms with Crippen LogP contribution in [0.3, 0.4) is 0 Å². The number of hydrogen-bond donors (Lipinski definition) is 0. The van der Waals surface area contributed by atoms with Crippen molar-refractivity contribution >= 4 is 41.1 Å². The molecular formula is C26H18Cl2N2O4. The van der Waals surface area contributed by atoms with Crippen molar-refractivity contribution in [2.45, 2.75) is 13.5 Å². The van der Waals surface area contributed by atoms with Gasteiger partial charge >= 0.3 is 0 Å². The first-order chi connectivity index (χ1) is 16.3. The van der Waals surface area contributed by atoms with Gasteiger partial charge in [0, 0.05) is 11.1 Å². The molecule has 2 aromatic carbocycles. The summed E-state index contributed by atoms with van der Waals surface area (Å²) in [6, 6.07) is 17.5. The third kappa shape index (κ3) is 4.36. The SMILES string of the molecule is COc1ccc(CN2C(=O)C(C#N)=C(C)/C(=C\c3ccc(-c4cccc(Cl)c4Cl)o3)C2=O)cc1. The number of benzene rings is 2. The Labute approximate surface area is 206 Å². The normalized spacial score (nSPS) is 15.1. The van der Waals surface area contributed by atoms with Crippen LogP contribution in [-0.4, -0.2) is 23.8 Å². The van der Waals surface area contributed by atoms with E-state index in [1.165, 1.54) is 6.08 Å². The monoisotopic (exact) mass is 492 g/mol. The number of methoxy groups -OCH3 is 1. The summed E-state index contributed by atoms with van der Waals surface area (Å²) in [7, 11) is 1.55. The van der Waals surface area contributed by atoms with Crippen LogP contribution in [0.25, 0.3) is 17.4 Å². The molecule has 4 rings (SSSR count). The third-order valence-electron chi connectivity index (χ3n) is 5.46. The molecule has 8 heteroatoms. The zero-order valence-corrected chi connectivity index (χ0v) is 19.8. The summed E-state index contributed by atoms with van der Waals surface area (Å²) in [4.78, 5) is 27.2. The van der Waals surface area contributed by atoms with Gasteiger partial charge in [0.15, 0.2) is 0 Å². The Morgan fingerprint density at radius 1 is 1.06 bits per heavy atom. The summed E-state index contributed by atoms with van der Waals surface area (Å²) in [6.07, 6.45) is 1.52. The van der Waals surface area contributed by atoms with E-state index in [0.29, 0.717) is 38.5 Å². The van der Waals surface area contributed by atoms with Crippen LogP contribution < -0.4 is 4.74 Å². The van der Waals surface area contributed by atoms with Crippen molar-refractivity contribution in [3.8, 4) is 23.1 Å². The second kappa shape index (κ2) is 9.60. The summed E-state index contributed by atoms with van der Waals surface area (Å²) in [5, 5.41) is 10.3. The van der Waals surface area contributed by atoms with Crippen LogP contribution >= 0.6 is 23.2 Å². The molecule has 0 saturated carbocycles. The highest BCUT2D eigenvalue weighted by Crippen LogP contribution is 2.35. The van der Waals surface area contributed by atoms with Gasteiger partial charge in [-0.15, -0.1) is 0 Å². The smallest absolute Gasteiger partial charge is 0.271 e. The maximum atomic E-state index is 13.3. The molecule has 0 unspecified atom stereocenters. The first-order valence-electron chi connectivity index (χ1n) is 10.2. The van der Waals surface area contributed by atoms with Gasteiger partial charge in [0.2, 0.25) is 0 Å². The zero-order valence-electron chi connectivity index (χ0n) is 18.3. The number of halogens is 2. The van der Waals surface area contributed by atoms with E-state index in [1.54, 1.807) is 68.6 Å². The van der Waals surface area contributed by atoms with Crippen LogP contribution in [0.5, 0.6) is 5.75 Å². The fourth-order valence-corrected chi connectivity index (χ4v) is 3.99. The second-order valence-electron chi connectivity index (χ2n) is 7.52. The minimum atomic E-state index is -0.635. The van der Waals surface area contributed by atoms with E-state index in [2.05, 4.69) is 0 Å². The molecule has 6 nitrogen and oxygen atoms in total. The van der Waals surface area contributed by atoms with Crippen LogP contribution in [0, 0.1) is 11.3 Å². The maximum absolute atomic E-state index is 13.3. The van der Waals surface area contributed by atoms with Crippen molar-refractivity contribution in [2.75, 3.05) is 7.11 Å². The van der Waals surface area contributed by atoms with Crippen LogP contribution in [0.4, 0.5) is 0 Å². The second-order valence-corrected chi connectivity index (χ2v) is 8.30. The quantitative estimate of drug-likeness (QED) is 0.319. The van der Waals surface area contributed by atoms with Crippen molar-refractivity contribution < 1.29 is 18.7 Å². The lowest BCUT2D eigenvalue weighted by Crippen LogP contribution is -2.42. The fourth-order valence-electron chi connectivity index (χ4n) is 3.60. The van der Waals surface area contributed by atoms with Gasteiger partial charge in [-0.25, -0.2) is 0 Å². The standard InChI is InChI=1S/C26H18Cl2N2O4/c1-15-20(12-18-10-11-23(34-18)19-4-3-5-22(27)24(19)28)25(31)30(26(32)21(15)13-29)14-16-6-8-17(33-2)9-7-16/h3-12H,14H2,1-2H3/b20-12+. The lowest BCUT2D eigenvalue weighted by atomic mass is 9.94. The highest BCUT2D eigenvalue weighted by Gasteiger charge is 2.35. The molecule has 0 bridgehead atoms. The van der Waals surface area contributed by atoms with Crippen molar-refractivity contribution in [2.24, 2.45) is 0 Å². The van der Waals surface area contributed by atoms with Gasteiger partial charge < -0.3 is 9.15 Å². The number of nitrogens with zero attached hydrogens (tertiary/aromatic N) is 2. The van der Waals surface area contributed by atoms with Crippen molar-refractivity contribution in [1.82, 2.24) is 4.90 Å². The number of imide groups is 1.